The lowest BCUT2D eigenvalue weighted by Gasteiger charge is -2.17. The van der Waals surface area contributed by atoms with Crippen molar-refractivity contribution in [3.05, 3.63) is 28.0 Å². The maximum Gasteiger partial charge on any atom is 0.326 e. The predicted molar refractivity (Wildman–Crippen MR) is 68.0 cm³/mol. The number of carboxylic acids is 1. The van der Waals surface area contributed by atoms with E-state index in [4.69, 9.17) is 28.3 Å². The van der Waals surface area contributed by atoms with Gasteiger partial charge in [-0.1, -0.05) is 37.0 Å². The number of pyridine rings is 1. The number of carbonyl (C=O) groups is 2. The summed E-state index contributed by atoms with van der Waals surface area (Å²) in [5, 5.41) is 11.5. The van der Waals surface area contributed by atoms with Gasteiger partial charge >= 0.3 is 5.97 Å². The molecule has 2 N–H and O–H groups in total. The average molecular weight is 291 g/mol. The molecule has 0 saturated carbocycles. The first kappa shape index (κ1) is 14.7. The van der Waals surface area contributed by atoms with Gasteiger partial charge in [-0.2, -0.15) is 0 Å². The highest BCUT2D eigenvalue weighted by Crippen LogP contribution is 2.15. The van der Waals surface area contributed by atoms with Gasteiger partial charge in [0, 0.05) is 5.56 Å². The molecule has 0 aliphatic carbocycles. The van der Waals surface area contributed by atoms with E-state index in [1.54, 1.807) is 13.8 Å². The lowest BCUT2D eigenvalue weighted by atomic mass is 10.0. The Kier molecular flexibility index (Phi) is 4.93. The van der Waals surface area contributed by atoms with Crippen molar-refractivity contribution in [2.24, 2.45) is 5.92 Å². The van der Waals surface area contributed by atoms with Crippen molar-refractivity contribution >= 4 is 35.1 Å². The summed E-state index contributed by atoms with van der Waals surface area (Å²) in [4.78, 5) is 26.5. The Hall–Kier alpha value is -1.33. The van der Waals surface area contributed by atoms with E-state index >= 15 is 0 Å². The highest BCUT2D eigenvalue weighted by atomic mass is 35.5. The summed E-state index contributed by atoms with van der Waals surface area (Å²) in [7, 11) is 0. The standard InChI is InChI=1S/C11H12Cl2N2O3/c1-5(2)9(11(17)18)15-10(16)6-3-7(12)14-8(13)4-6/h3-5,9H,1-2H3,(H,15,16)(H,17,18). The van der Waals surface area contributed by atoms with Crippen LogP contribution in [-0.4, -0.2) is 28.0 Å². The summed E-state index contributed by atoms with van der Waals surface area (Å²) in [6.07, 6.45) is 0. The molecule has 1 rings (SSSR count). The first-order valence-corrected chi connectivity index (χ1v) is 5.93. The van der Waals surface area contributed by atoms with E-state index in [-0.39, 0.29) is 21.8 Å². The lowest BCUT2D eigenvalue weighted by molar-refractivity contribution is -0.140. The summed E-state index contributed by atoms with van der Waals surface area (Å²) in [5.74, 6) is -1.88. The molecule has 5 nitrogen and oxygen atoms in total. The molecule has 0 aliphatic heterocycles. The van der Waals surface area contributed by atoms with Crippen molar-refractivity contribution in [3.63, 3.8) is 0 Å². The van der Waals surface area contributed by atoms with Crippen molar-refractivity contribution in [2.45, 2.75) is 19.9 Å². The fourth-order valence-electron chi connectivity index (χ4n) is 1.33. The molecule has 7 heteroatoms. The lowest BCUT2D eigenvalue weighted by Crippen LogP contribution is -2.44. The minimum absolute atomic E-state index is 0.0732. The molecule has 0 aromatic carbocycles. The van der Waals surface area contributed by atoms with E-state index in [1.807, 2.05) is 0 Å². The number of halogens is 2. The Labute approximate surface area is 114 Å². The third-order valence-corrected chi connectivity index (χ3v) is 2.63. The Bertz CT molecular complexity index is 457. The van der Waals surface area contributed by atoms with Crippen LogP contribution in [0.15, 0.2) is 12.1 Å². The SMILES string of the molecule is CC(C)C(NC(=O)c1cc(Cl)nc(Cl)c1)C(=O)O. The second kappa shape index (κ2) is 6.02. The predicted octanol–water partition coefficient (Wildman–Crippen LogP) is 2.23. The van der Waals surface area contributed by atoms with Gasteiger partial charge in [0.15, 0.2) is 0 Å². The number of rotatable bonds is 4. The second-order valence-electron chi connectivity index (χ2n) is 4.03. The minimum Gasteiger partial charge on any atom is -0.480 e. The summed E-state index contributed by atoms with van der Waals surface area (Å²) in [6.45, 7) is 3.40. The Morgan fingerprint density at radius 2 is 1.78 bits per heavy atom. The summed E-state index contributed by atoms with van der Waals surface area (Å²) in [6, 6.07) is 1.67. The molecule has 98 valence electrons. The zero-order valence-electron chi connectivity index (χ0n) is 9.78. The van der Waals surface area contributed by atoms with Crippen LogP contribution in [0, 0.1) is 5.92 Å². The highest BCUT2D eigenvalue weighted by Gasteiger charge is 2.24. The van der Waals surface area contributed by atoms with Crippen molar-refractivity contribution < 1.29 is 14.7 Å². The van der Waals surface area contributed by atoms with Crippen molar-refractivity contribution in [1.82, 2.24) is 10.3 Å². The van der Waals surface area contributed by atoms with Crippen LogP contribution in [0.25, 0.3) is 0 Å². The quantitative estimate of drug-likeness (QED) is 0.834. The summed E-state index contributed by atoms with van der Waals surface area (Å²) < 4.78 is 0. The number of nitrogens with zero attached hydrogens (tertiary/aromatic N) is 1. The van der Waals surface area contributed by atoms with E-state index in [0.717, 1.165) is 0 Å². The molecule has 0 fully saturated rings. The van der Waals surface area contributed by atoms with Gasteiger partial charge in [0.1, 0.15) is 16.3 Å². The van der Waals surface area contributed by atoms with Crippen LogP contribution in [0.2, 0.25) is 10.3 Å². The fraction of sp³-hybridized carbons (Fsp3) is 0.364. The molecule has 1 heterocycles. The Morgan fingerprint density at radius 1 is 1.28 bits per heavy atom. The topological polar surface area (TPSA) is 79.3 Å². The fourth-order valence-corrected chi connectivity index (χ4v) is 1.79. The molecule has 0 bridgehead atoms. The molecule has 1 atom stereocenters. The molecular formula is C11H12Cl2N2O3. The number of aromatic nitrogens is 1. The van der Waals surface area contributed by atoms with E-state index < -0.39 is 17.9 Å². The number of hydrogen-bond donors (Lipinski definition) is 2. The van der Waals surface area contributed by atoms with Crippen LogP contribution < -0.4 is 5.32 Å². The summed E-state index contributed by atoms with van der Waals surface area (Å²) >= 11 is 11.3. The molecule has 1 aromatic heterocycles. The second-order valence-corrected chi connectivity index (χ2v) is 4.81. The van der Waals surface area contributed by atoms with Crippen LogP contribution in [-0.2, 0) is 4.79 Å². The number of hydrogen-bond acceptors (Lipinski definition) is 3. The van der Waals surface area contributed by atoms with Gasteiger partial charge in [-0.05, 0) is 18.1 Å². The van der Waals surface area contributed by atoms with Gasteiger partial charge in [0.25, 0.3) is 5.91 Å². The van der Waals surface area contributed by atoms with E-state index in [9.17, 15) is 9.59 Å². The van der Waals surface area contributed by atoms with Crippen LogP contribution in [0.3, 0.4) is 0 Å². The third kappa shape index (κ3) is 3.85. The molecule has 1 amide bonds. The van der Waals surface area contributed by atoms with Gasteiger partial charge in [-0.3, -0.25) is 4.79 Å². The Morgan fingerprint density at radius 3 is 2.17 bits per heavy atom. The number of carboxylic acid groups (broad SMARTS) is 1. The van der Waals surface area contributed by atoms with E-state index in [1.165, 1.54) is 12.1 Å². The van der Waals surface area contributed by atoms with Crippen LogP contribution in [0.1, 0.15) is 24.2 Å². The monoisotopic (exact) mass is 290 g/mol. The van der Waals surface area contributed by atoms with Gasteiger partial charge in [0.2, 0.25) is 0 Å². The first-order valence-electron chi connectivity index (χ1n) is 5.18. The van der Waals surface area contributed by atoms with E-state index in [0.29, 0.717) is 0 Å². The summed E-state index contributed by atoms with van der Waals surface area (Å²) in [5.41, 5.74) is 0.173. The zero-order chi connectivity index (χ0) is 13.9. The van der Waals surface area contributed by atoms with Crippen molar-refractivity contribution in [3.8, 4) is 0 Å². The van der Waals surface area contributed by atoms with Crippen LogP contribution in [0.5, 0.6) is 0 Å². The maximum absolute atomic E-state index is 11.8. The van der Waals surface area contributed by atoms with Crippen molar-refractivity contribution in [2.75, 3.05) is 0 Å². The number of carbonyl (C=O) groups excluding carboxylic acids is 1. The number of nitrogens with one attached hydrogen (secondary N) is 1. The van der Waals surface area contributed by atoms with Crippen molar-refractivity contribution in [1.29, 1.82) is 0 Å². The van der Waals surface area contributed by atoms with Crippen LogP contribution >= 0.6 is 23.2 Å². The van der Waals surface area contributed by atoms with Gasteiger partial charge in [-0.15, -0.1) is 0 Å². The Balaban J connectivity index is 2.90. The molecule has 1 aromatic rings. The zero-order valence-corrected chi connectivity index (χ0v) is 11.3. The normalized spacial score (nSPS) is 12.3. The first-order chi connectivity index (χ1) is 8.31. The average Bonchev–Trinajstić information content (AvgIpc) is 2.23. The molecule has 18 heavy (non-hydrogen) atoms. The van der Waals surface area contributed by atoms with Gasteiger partial charge in [-0.25, -0.2) is 9.78 Å². The molecule has 0 radical (unpaired) electrons. The van der Waals surface area contributed by atoms with E-state index in [2.05, 4.69) is 10.3 Å². The third-order valence-electron chi connectivity index (χ3n) is 2.24. The number of amides is 1. The smallest absolute Gasteiger partial charge is 0.326 e. The molecule has 0 aliphatic rings. The molecule has 0 saturated heterocycles. The van der Waals surface area contributed by atoms with Gasteiger partial charge in [0.05, 0.1) is 0 Å². The van der Waals surface area contributed by atoms with Crippen LogP contribution in [0.4, 0.5) is 0 Å². The largest absolute Gasteiger partial charge is 0.480 e. The molecule has 1 unspecified atom stereocenters. The molecular weight excluding hydrogens is 279 g/mol. The highest BCUT2D eigenvalue weighted by molar-refractivity contribution is 6.33. The maximum atomic E-state index is 11.8. The van der Waals surface area contributed by atoms with Gasteiger partial charge < -0.3 is 10.4 Å². The minimum atomic E-state index is -1.09. The number of aliphatic carboxylic acids is 1. The molecule has 0 spiro atoms.